The van der Waals surface area contributed by atoms with Crippen molar-refractivity contribution in [1.82, 2.24) is 4.72 Å². The van der Waals surface area contributed by atoms with E-state index in [1.807, 2.05) is 0 Å². The summed E-state index contributed by atoms with van der Waals surface area (Å²) >= 11 is 5.38. The van der Waals surface area contributed by atoms with Crippen LogP contribution in [0.3, 0.4) is 0 Å². The van der Waals surface area contributed by atoms with Crippen LogP contribution < -0.4 is 4.72 Å². The molecule has 2 N–H and O–H groups in total. The van der Waals surface area contributed by atoms with Gasteiger partial charge in [-0.1, -0.05) is 6.07 Å². The molecule has 0 aromatic carbocycles. The van der Waals surface area contributed by atoms with Crippen LogP contribution in [0.15, 0.2) is 37.6 Å². The number of nitrogens with one attached hydrogen (secondary N) is 1. The quantitative estimate of drug-likeness (QED) is 0.833. The Bertz CT molecular complexity index is 677. The monoisotopic (exact) mass is 381 g/mol. The van der Waals surface area contributed by atoms with Crippen molar-refractivity contribution < 1.29 is 18.3 Å². The van der Waals surface area contributed by atoms with Crippen LogP contribution in [0.2, 0.25) is 0 Å². The molecule has 9 heteroatoms. The summed E-state index contributed by atoms with van der Waals surface area (Å²) in [5, 5.41) is 10.8. The first-order valence-corrected chi connectivity index (χ1v) is 8.91. The maximum Gasteiger partial charge on any atom is 0.327 e. The van der Waals surface area contributed by atoms with E-state index in [9.17, 15) is 13.2 Å². The molecule has 0 amide bonds. The zero-order valence-electron chi connectivity index (χ0n) is 9.24. The van der Waals surface area contributed by atoms with E-state index in [1.165, 1.54) is 17.4 Å². The minimum atomic E-state index is -3.85. The van der Waals surface area contributed by atoms with E-state index < -0.39 is 22.0 Å². The number of sulfonamides is 1. The highest BCUT2D eigenvalue weighted by atomic mass is 79.9. The van der Waals surface area contributed by atoms with Crippen LogP contribution in [0, 0.1) is 0 Å². The van der Waals surface area contributed by atoms with Crippen molar-refractivity contribution >= 4 is 54.6 Å². The lowest BCUT2D eigenvalue weighted by atomic mass is 10.3. The molecule has 0 aliphatic carbocycles. The second-order valence-corrected chi connectivity index (χ2v) is 8.85. The van der Waals surface area contributed by atoms with Crippen molar-refractivity contribution in [3.63, 3.8) is 0 Å². The van der Waals surface area contributed by atoms with Gasteiger partial charge in [0.25, 0.3) is 10.0 Å². The van der Waals surface area contributed by atoms with Crippen LogP contribution in [0.4, 0.5) is 0 Å². The molecule has 0 aliphatic heterocycles. The number of aliphatic carboxylic acids is 1. The Hall–Kier alpha value is -0.740. The van der Waals surface area contributed by atoms with Gasteiger partial charge in [-0.25, -0.2) is 8.42 Å². The van der Waals surface area contributed by atoms with Gasteiger partial charge < -0.3 is 5.11 Å². The Balaban J connectivity index is 2.30. The molecule has 19 heavy (non-hydrogen) atoms. The summed E-state index contributed by atoms with van der Waals surface area (Å²) in [6.07, 6.45) is 0. The predicted molar refractivity (Wildman–Crippen MR) is 77.0 cm³/mol. The predicted octanol–water partition coefficient (Wildman–Crippen LogP) is 2.68. The van der Waals surface area contributed by atoms with Crippen LogP contribution >= 0.6 is 38.6 Å². The number of carboxylic acid groups (broad SMARTS) is 1. The van der Waals surface area contributed by atoms with Crippen LogP contribution in [0.1, 0.15) is 10.9 Å². The van der Waals surface area contributed by atoms with Crippen molar-refractivity contribution in [1.29, 1.82) is 0 Å². The molecule has 1 unspecified atom stereocenters. The van der Waals surface area contributed by atoms with Gasteiger partial charge >= 0.3 is 5.97 Å². The van der Waals surface area contributed by atoms with E-state index in [4.69, 9.17) is 5.11 Å². The molecule has 0 spiro atoms. The van der Waals surface area contributed by atoms with Gasteiger partial charge in [-0.05, 0) is 39.5 Å². The largest absolute Gasteiger partial charge is 0.480 e. The van der Waals surface area contributed by atoms with E-state index in [1.54, 1.807) is 23.6 Å². The molecule has 1 atom stereocenters. The van der Waals surface area contributed by atoms with E-state index in [0.717, 1.165) is 11.3 Å². The highest BCUT2D eigenvalue weighted by molar-refractivity contribution is 9.11. The summed E-state index contributed by atoms with van der Waals surface area (Å²) in [5.74, 6) is -1.23. The van der Waals surface area contributed by atoms with E-state index >= 15 is 0 Å². The number of rotatable bonds is 5. The maximum absolute atomic E-state index is 12.1. The van der Waals surface area contributed by atoms with Gasteiger partial charge in [0.05, 0.1) is 3.79 Å². The first-order chi connectivity index (χ1) is 8.90. The van der Waals surface area contributed by atoms with Crippen molar-refractivity contribution in [2.24, 2.45) is 0 Å². The molecule has 2 aromatic heterocycles. The minimum absolute atomic E-state index is 0.0715. The zero-order chi connectivity index (χ0) is 14.0. The summed E-state index contributed by atoms with van der Waals surface area (Å²) < 4.78 is 27.1. The molecule has 0 saturated heterocycles. The average Bonchev–Trinajstić information content (AvgIpc) is 2.96. The Morgan fingerprint density at radius 1 is 1.37 bits per heavy atom. The summed E-state index contributed by atoms with van der Waals surface area (Å²) in [4.78, 5) is 11.6. The SMILES string of the molecule is O=C(O)C(NS(=O)(=O)c1ccc(Br)s1)c1cccs1. The molecule has 0 bridgehead atoms. The lowest BCUT2D eigenvalue weighted by molar-refractivity contribution is -0.139. The molecular weight excluding hydrogens is 374 g/mol. The van der Waals surface area contributed by atoms with Crippen molar-refractivity contribution in [3.05, 3.63) is 38.3 Å². The molecule has 102 valence electrons. The molecule has 5 nitrogen and oxygen atoms in total. The van der Waals surface area contributed by atoms with Gasteiger partial charge in [-0.2, -0.15) is 4.72 Å². The number of carbonyl (C=O) groups is 1. The Morgan fingerprint density at radius 3 is 2.58 bits per heavy atom. The van der Waals surface area contributed by atoms with Crippen LogP contribution in [-0.4, -0.2) is 19.5 Å². The third kappa shape index (κ3) is 3.42. The zero-order valence-corrected chi connectivity index (χ0v) is 13.3. The number of halogens is 1. The van der Waals surface area contributed by atoms with E-state index in [2.05, 4.69) is 20.7 Å². The van der Waals surface area contributed by atoms with E-state index in [0.29, 0.717) is 8.66 Å². The van der Waals surface area contributed by atoms with Gasteiger partial charge in [0, 0.05) is 4.88 Å². The van der Waals surface area contributed by atoms with Gasteiger partial charge in [0.2, 0.25) is 0 Å². The van der Waals surface area contributed by atoms with Crippen LogP contribution in [0.5, 0.6) is 0 Å². The second-order valence-electron chi connectivity index (χ2n) is 3.47. The molecule has 0 fully saturated rings. The smallest absolute Gasteiger partial charge is 0.327 e. The van der Waals surface area contributed by atoms with Gasteiger partial charge in [-0.3, -0.25) is 4.79 Å². The van der Waals surface area contributed by atoms with Gasteiger partial charge in [-0.15, -0.1) is 22.7 Å². The molecule has 0 aliphatic rings. The normalized spacial score (nSPS) is 13.3. The highest BCUT2D eigenvalue weighted by Crippen LogP contribution is 2.28. The fourth-order valence-corrected chi connectivity index (χ4v) is 5.38. The fraction of sp³-hybridized carbons (Fsp3) is 0.100. The molecular formula is C10H8BrNO4S3. The lowest BCUT2D eigenvalue weighted by Crippen LogP contribution is -2.32. The third-order valence-electron chi connectivity index (χ3n) is 2.16. The Kier molecular flexibility index (Phi) is 4.41. The summed E-state index contributed by atoms with van der Waals surface area (Å²) in [5.41, 5.74) is 0. The third-order valence-corrected chi connectivity index (χ3v) is 6.64. The summed E-state index contributed by atoms with van der Waals surface area (Å²) in [7, 11) is -3.85. The summed E-state index contributed by atoms with van der Waals surface area (Å²) in [6, 6.07) is 5.00. The van der Waals surface area contributed by atoms with Crippen molar-refractivity contribution in [2.75, 3.05) is 0 Å². The Morgan fingerprint density at radius 2 is 2.11 bits per heavy atom. The molecule has 0 saturated carbocycles. The topological polar surface area (TPSA) is 83.5 Å². The first-order valence-electron chi connectivity index (χ1n) is 4.94. The number of hydrogen-bond donors (Lipinski definition) is 2. The maximum atomic E-state index is 12.1. The van der Waals surface area contributed by atoms with Crippen molar-refractivity contribution in [2.45, 2.75) is 10.3 Å². The van der Waals surface area contributed by atoms with Gasteiger partial charge in [0.15, 0.2) is 6.04 Å². The van der Waals surface area contributed by atoms with Gasteiger partial charge in [0.1, 0.15) is 4.21 Å². The Labute approximate surface area is 126 Å². The molecule has 2 heterocycles. The second kappa shape index (κ2) is 5.71. The average molecular weight is 382 g/mol. The fourth-order valence-electron chi connectivity index (χ4n) is 1.34. The van der Waals surface area contributed by atoms with Crippen LogP contribution in [0.25, 0.3) is 0 Å². The lowest BCUT2D eigenvalue weighted by Gasteiger charge is -2.12. The standard InChI is InChI=1S/C10H8BrNO4S3/c11-7-3-4-8(18-7)19(15,16)12-9(10(13)14)6-2-1-5-17-6/h1-5,9,12H,(H,13,14). The molecule has 0 radical (unpaired) electrons. The minimum Gasteiger partial charge on any atom is -0.480 e. The number of carboxylic acids is 1. The van der Waals surface area contributed by atoms with E-state index in [-0.39, 0.29) is 4.21 Å². The number of thiophene rings is 2. The summed E-state index contributed by atoms with van der Waals surface area (Å²) in [6.45, 7) is 0. The van der Waals surface area contributed by atoms with Crippen LogP contribution in [-0.2, 0) is 14.8 Å². The molecule has 2 rings (SSSR count). The molecule has 2 aromatic rings. The first kappa shape index (κ1) is 14.7. The highest BCUT2D eigenvalue weighted by Gasteiger charge is 2.28. The number of hydrogen-bond acceptors (Lipinski definition) is 5. The van der Waals surface area contributed by atoms with Crippen molar-refractivity contribution in [3.8, 4) is 0 Å².